The fraction of sp³-hybridized carbons (Fsp3) is 0.273. The van der Waals surface area contributed by atoms with Crippen LogP contribution in [0.1, 0.15) is 13.8 Å². The molecule has 1 aromatic heterocycles. The number of carbonyl (C=O) groups excluding carboxylic acids is 1. The second-order valence-electron chi connectivity index (χ2n) is 7.15. The quantitative estimate of drug-likeness (QED) is 0.620. The van der Waals surface area contributed by atoms with E-state index in [1.54, 1.807) is 18.2 Å². The molecule has 1 amide bonds. The molecule has 1 atom stereocenters. The SMILES string of the molecule is COc1ccc(N(C)c2cc(=O)oc3ccccc23)cc1NC(=O)[C@@H](N)C(C)C. The van der Waals surface area contributed by atoms with Crippen LogP contribution in [0.15, 0.2) is 57.7 Å². The van der Waals surface area contributed by atoms with E-state index in [2.05, 4.69) is 5.32 Å². The zero-order valence-electron chi connectivity index (χ0n) is 16.9. The maximum atomic E-state index is 12.4. The van der Waals surface area contributed by atoms with E-state index in [1.165, 1.54) is 13.2 Å². The molecule has 0 bridgehead atoms. The maximum Gasteiger partial charge on any atom is 0.338 e. The van der Waals surface area contributed by atoms with Crippen molar-refractivity contribution in [3.8, 4) is 5.75 Å². The summed E-state index contributed by atoms with van der Waals surface area (Å²) in [4.78, 5) is 26.3. The van der Waals surface area contributed by atoms with Crippen LogP contribution in [0.25, 0.3) is 11.0 Å². The van der Waals surface area contributed by atoms with Crippen LogP contribution in [0.5, 0.6) is 5.75 Å². The largest absolute Gasteiger partial charge is 0.495 e. The Kier molecular flexibility index (Phi) is 5.89. The molecular weight excluding hydrogens is 370 g/mol. The van der Waals surface area contributed by atoms with Crippen LogP contribution < -0.4 is 26.3 Å². The van der Waals surface area contributed by atoms with Crippen LogP contribution >= 0.6 is 0 Å². The third kappa shape index (κ3) is 4.25. The van der Waals surface area contributed by atoms with Crippen molar-refractivity contribution in [1.29, 1.82) is 0 Å². The fourth-order valence-corrected chi connectivity index (χ4v) is 3.03. The van der Waals surface area contributed by atoms with E-state index >= 15 is 0 Å². The normalized spacial score (nSPS) is 12.1. The highest BCUT2D eigenvalue weighted by atomic mass is 16.5. The summed E-state index contributed by atoms with van der Waals surface area (Å²) < 4.78 is 10.7. The summed E-state index contributed by atoms with van der Waals surface area (Å²) in [6, 6.07) is 13.5. The molecule has 0 spiro atoms. The third-order valence-electron chi connectivity index (χ3n) is 4.84. The number of carbonyl (C=O) groups is 1. The highest BCUT2D eigenvalue weighted by Gasteiger charge is 2.20. The Hall–Kier alpha value is -3.32. The van der Waals surface area contributed by atoms with Gasteiger partial charge in [0.25, 0.3) is 0 Å². The van der Waals surface area contributed by atoms with E-state index in [0.717, 1.165) is 11.1 Å². The van der Waals surface area contributed by atoms with Gasteiger partial charge in [0.15, 0.2) is 0 Å². The number of nitrogens with two attached hydrogens (primary N) is 1. The van der Waals surface area contributed by atoms with Crippen LogP contribution in [0.3, 0.4) is 0 Å². The van der Waals surface area contributed by atoms with Gasteiger partial charge in [0.2, 0.25) is 5.91 Å². The van der Waals surface area contributed by atoms with Crippen molar-refractivity contribution in [2.45, 2.75) is 19.9 Å². The Labute approximate surface area is 169 Å². The van der Waals surface area contributed by atoms with E-state index in [1.807, 2.05) is 50.1 Å². The van der Waals surface area contributed by atoms with Crippen LogP contribution in [0.2, 0.25) is 0 Å². The first kappa shape index (κ1) is 20.4. The number of hydrogen-bond donors (Lipinski definition) is 2. The van der Waals surface area contributed by atoms with Crippen molar-refractivity contribution >= 4 is 33.9 Å². The molecule has 0 aliphatic rings. The van der Waals surface area contributed by atoms with Gasteiger partial charge in [-0.3, -0.25) is 4.79 Å². The predicted molar refractivity (Wildman–Crippen MR) is 115 cm³/mol. The summed E-state index contributed by atoms with van der Waals surface area (Å²) in [6.07, 6.45) is 0. The molecule has 3 rings (SSSR count). The molecule has 0 aliphatic carbocycles. The molecule has 0 aliphatic heterocycles. The van der Waals surface area contributed by atoms with E-state index in [0.29, 0.717) is 22.7 Å². The number of nitrogens with zero attached hydrogens (tertiary/aromatic N) is 1. The minimum atomic E-state index is -0.635. The van der Waals surface area contributed by atoms with Crippen LogP contribution in [0.4, 0.5) is 17.1 Å². The van der Waals surface area contributed by atoms with E-state index in [9.17, 15) is 9.59 Å². The molecule has 0 saturated heterocycles. The topological polar surface area (TPSA) is 97.8 Å². The summed E-state index contributed by atoms with van der Waals surface area (Å²) >= 11 is 0. The van der Waals surface area contributed by atoms with Gasteiger partial charge in [0.1, 0.15) is 11.3 Å². The van der Waals surface area contributed by atoms with Crippen LogP contribution in [0, 0.1) is 5.92 Å². The first-order valence-corrected chi connectivity index (χ1v) is 9.33. The number of amides is 1. The monoisotopic (exact) mass is 395 g/mol. The third-order valence-corrected chi connectivity index (χ3v) is 4.84. The molecule has 29 heavy (non-hydrogen) atoms. The number of anilines is 3. The first-order chi connectivity index (χ1) is 13.8. The second kappa shape index (κ2) is 8.36. The summed E-state index contributed by atoms with van der Waals surface area (Å²) in [7, 11) is 3.38. The van der Waals surface area contributed by atoms with Gasteiger partial charge in [-0.1, -0.05) is 26.0 Å². The standard InChI is InChI=1S/C22H25N3O4/c1-13(2)21(23)22(27)24-16-11-14(9-10-19(16)28-4)25(3)17-12-20(26)29-18-8-6-5-7-15(17)18/h5-13,21H,23H2,1-4H3,(H,24,27)/t21-/m0/s1. The van der Waals surface area contributed by atoms with Crippen molar-refractivity contribution in [2.24, 2.45) is 11.7 Å². The Balaban J connectivity index is 2.02. The number of fused-ring (bicyclic) bond motifs is 1. The van der Waals surface area contributed by atoms with Crippen molar-refractivity contribution < 1.29 is 13.9 Å². The number of para-hydroxylation sites is 1. The lowest BCUT2D eigenvalue weighted by atomic mass is 10.0. The molecule has 7 heteroatoms. The first-order valence-electron chi connectivity index (χ1n) is 9.33. The van der Waals surface area contributed by atoms with E-state index in [-0.39, 0.29) is 11.8 Å². The lowest BCUT2D eigenvalue weighted by Crippen LogP contribution is -2.39. The molecular formula is C22H25N3O4. The number of benzene rings is 2. The summed E-state index contributed by atoms with van der Waals surface area (Å²) in [5, 5.41) is 3.65. The highest BCUT2D eigenvalue weighted by Crippen LogP contribution is 2.34. The summed E-state index contributed by atoms with van der Waals surface area (Å²) in [5.41, 5.74) is 7.99. The Bertz CT molecular complexity index is 1090. The van der Waals surface area contributed by atoms with Gasteiger partial charge in [-0.25, -0.2) is 4.79 Å². The van der Waals surface area contributed by atoms with Crippen molar-refractivity contribution in [1.82, 2.24) is 0 Å². The van der Waals surface area contributed by atoms with Gasteiger partial charge in [-0.05, 0) is 36.2 Å². The van der Waals surface area contributed by atoms with Crippen molar-refractivity contribution in [3.05, 3.63) is 59.0 Å². The molecule has 0 radical (unpaired) electrons. The zero-order chi connectivity index (χ0) is 21.1. The smallest absolute Gasteiger partial charge is 0.338 e. The number of ether oxygens (including phenoxy) is 1. The van der Waals surface area contributed by atoms with Crippen molar-refractivity contribution in [3.63, 3.8) is 0 Å². The molecule has 3 aromatic rings. The van der Waals surface area contributed by atoms with Crippen molar-refractivity contribution in [2.75, 3.05) is 24.4 Å². The highest BCUT2D eigenvalue weighted by molar-refractivity contribution is 5.97. The van der Waals surface area contributed by atoms with Gasteiger partial charge in [-0.15, -0.1) is 0 Å². The molecule has 0 unspecified atom stereocenters. The van der Waals surface area contributed by atoms with E-state index < -0.39 is 11.7 Å². The van der Waals surface area contributed by atoms with Gasteiger partial charge < -0.3 is 25.1 Å². The molecule has 0 fully saturated rings. The average Bonchev–Trinajstić information content (AvgIpc) is 2.71. The molecule has 2 aromatic carbocycles. The Morgan fingerprint density at radius 2 is 1.90 bits per heavy atom. The zero-order valence-corrected chi connectivity index (χ0v) is 16.9. The van der Waals surface area contributed by atoms with Crippen LogP contribution in [-0.4, -0.2) is 26.1 Å². The lowest BCUT2D eigenvalue weighted by Gasteiger charge is -2.23. The molecule has 1 heterocycles. The van der Waals surface area contributed by atoms with Gasteiger partial charge in [-0.2, -0.15) is 0 Å². The summed E-state index contributed by atoms with van der Waals surface area (Å²) in [6.45, 7) is 3.77. The lowest BCUT2D eigenvalue weighted by molar-refractivity contribution is -0.118. The maximum absolute atomic E-state index is 12.4. The second-order valence-corrected chi connectivity index (χ2v) is 7.15. The number of methoxy groups -OCH3 is 1. The number of hydrogen-bond acceptors (Lipinski definition) is 6. The van der Waals surface area contributed by atoms with Gasteiger partial charge in [0.05, 0.1) is 24.5 Å². The minimum Gasteiger partial charge on any atom is -0.495 e. The fourth-order valence-electron chi connectivity index (χ4n) is 3.03. The Morgan fingerprint density at radius 1 is 1.17 bits per heavy atom. The van der Waals surface area contributed by atoms with E-state index in [4.69, 9.17) is 14.9 Å². The number of rotatable bonds is 6. The number of nitrogens with one attached hydrogen (secondary N) is 1. The van der Waals surface area contributed by atoms with Crippen LogP contribution in [-0.2, 0) is 4.79 Å². The minimum absolute atomic E-state index is 0.00163. The summed E-state index contributed by atoms with van der Waals surface area (Å²) in [5.74, 6) is 0.231. The predicted octanol–water partition coefficient (Wildman–Crippen LogP) is 3.49. The van der Waals surface area contributed by atoms with Gasteiger partial charge >= 0.3 is 5.63 Å². The van der Waals surface area contributed by atoms with Gasteiger partial charge in [0, 0.05) is 24.2 Å². The Morgan fingerprint density at radius 3 is 2.59 bits per heavy atom. The average molecular weight is 395 g/mol. The molecule has 0 saturated carbocycles. The molecule has 7 nitrogen and oxygen atoms in total. The molecule has 152 valence electrons. The molecule has 3 N–H and O–H groups in total.